The minimum Gasteiger partial charge on any atom is -0.307 e. The van der Waals surface area contributed by atoms with E-state index in [2.05, 4.69) is 22.2 Å². The summed E-state index contributed by atoms with van der Waals surface area (Å²) in [7, 11) is 0. The SMILES string of the molecule is CCCC1CC1NCc1ncccn1. The van der Waals surface area contributed by atoms with Crippen molar-refractivity contribution in [3.63, 3.8) is 0 Å². The molecule has 1 aliphatic rings. The molecule has 1 aromatic heterocycles. The summed E-state index contributed by atoms with van der Waals surface area (Å²) in [6.07, 6.45) is 7.57. The predicted octanol–water partition coefficient (Wildman–Crippen LogP) is 1.75. The highest BCUT2D eigenvalue weighted by atomic mass is 15.0. The molecule has 0 aliphatic heterocycles. The van der Waals surface area contributed by atoms with Gasteiger partial charge in [0.05, 0.1) is 6.54 Å². The number of nitrogens with zero attached hydrogens (tertiary/aromatic N) is 2. The summed E-state index contributed by atoms with van der Waals surface area (Å²) in [5.41, 5.74) is 0. The number of hydrogen-bond acceptors (Lipinski definition) is 3. The predicted molar refractivity (Wildman–Crippen MR) is 55.7 cm³/mol. The molecule has 14 heavy (non-hydrogen) atoms. The third-order valence-electron chi connectivity index (χ3n) is 2.72. The maximum Gasteiger partial charge on any atom is 0.141 e. The molecule has 2 atom stereocenters. The largest absolute Gasteiger partial charge is 0.307 e. The fourth-order valence-corrected chi connectivity index (χ4v) is 1.83. The Kier molecular flexibility index (Phi) is 3.09. The smallest absolute Gasteiger partial charge is 0.141 e. The van der Waals surface area contributed by atoms with Crippen molar-refractivity contribution < 1.29 is 0 Å². The fraction of sp³-hybridized carbons (Fsp3) is 0.636. The van der Waals surface area contributed by atoms with Crippen LogP contribution in [0.5, 0.6) is 0 Å². The van der Waals surface area contributed by atoms with Gasteiger partial charge in [-0.05, 0) is 24.8 Å². The molecule has 1 aliphatic carbocycles. The van der Waals surface area contributed by atoms with Crippen LogP contribution in [0.25, 0.3) is 0 Å². The summed E-state index contributed by atoms with van der Waals surface area (Å²) in [6.45, 7) is 3.06. The Labute approximate surface area is 85.0 Å². The van der Waals surface area contributed by atoms with Gasteiger partial charge >= 0.3 is 0 Å². The zero-order valence-electron chi connectivity index (χ0n) is 8.61. The van der Waals surface area contributed by atoms with Crippen LogP contribution in [0.2, 0.25) is 0 Å². The highest BCUT2D eigenvalue weighted by Crippen LogP contribution is 2.34. The van der Waals surface area contributed by atoms with E-state index in [1.54, 1.807) is 12.4 Å². The Bertz CT molecular complexity index is 273. The first-order valence-corrected chi connectivity index (χ1v) is 5.39. The maximum absolute atomic E-state index is 4.18. The summed E-state index contributed by atoms with van der Waals surface area (Å²) >= 11 is 0. The van der Waals surface area contributed by atoms with E-state index in [4.69, 9.17) is 0 Å². The molecule has 3 heteroatoms. The van der Waals surface area contributed by atoms with Gasteiger partial charge in [0.2, 0.25) is 0 Å². The highest BCUT2D eigenvalue weighted by molar-refractivity contribution is 4.95. The summed E-state index contributed by atoms with van der Waals surface area (Å²) in [4.78, 5) is 8.35. The lowest BCUT2D eigenvalue weighted by Crippen LogP contribution is -2.19. The molecule has 1 saturated carbocycles. The van der Waals surface area contributed by atoms with Gasteiger partial charge in [0.15, 0.2) is 0 Å². The summed E-state index contributed by atoms with van der Waals surface area (Å²) < 4.78 is 0. The number of rotatable bonds is 5. The Balaban J connectivity index is 1.70. The average Bonchev–Trinajstić information content (AvgIpc) is 2.96. The third kappa shape index (κ3) is 2.51. The fourth-order valence-electron chi connectivity index (χ4n) is 1.83. The van der Waals surface area contributed by atoms with Crippen LogP contribution in [0.1, 0.15) is 32.0 Å². The normalized spacial score (nSPS) is 24.9. The van der Waals surface area contributed by atoms with Gasteiger partial charge in [0.1, 0.15) is 5.82 Å². The van der Waals surface area contributed by atoms with E-state index in [1.165, 1.54) is 19.3 Å². The van der Waals surface area contributed by atoms with Crippen LogP contribution in [-0.2, 0) is 6.54 Å². The van der Waals surface area contributed by atoms with E-state index in [-0.39, 0.29) is 0 Å². The lowest BCUT2D eigenvalue weighted by atomic mass is 10.2. The van der Waals surface area contributed by atoms with Crippen molar-refractivity contribution in [2.75, 3.05) is 0 Å². The molecule has 0 amide bonds. The van der Waals surface area contributed by atoms with Crippen LogP contribution in [-0.4, -0.2) is 16.0 Å². The van der Waals surface area contributed by atoms with Crippen molar-refractivity contribution in [1.82, 2.24) is 15.3 Å². The first kappa shape index (κ1) is 9.59. The average molecular weight is 191 g/mol. The number of aromatic nitrogens is 2. The van der Waals surface area contributed by atoms with Crippen LogP contribution >= 0.6 is 0 Å². The molecule has 0 spiro atoms. The summed E-state index contributed by atoms with van der Waals surface area (Å²) in [5, 5.41) is 3.48. The molecule has 0 aromatic carbocycles. The van der Waals surface area contributed by atoms with Gasteiger partial charge in [-0.3, -0.25) is 0 Å². The number of nitrogens with one attached hydrogen (secondary N) is 1. The second-order valence-electron chi connectivity index (χ2n) is 3.94. The van der Waals surface area contributed by atoms with Crippen molar-refractivity contribution >= 4 is 0 Å². The van der Waals surface area contributed by atoms with Gasteiger partial charge in [0.25, 0.3) is 0 Å². The Morgan fingerprint density at radius 2 is 2.21 bits per heavy atom. The lowest BCUT2D eigenvalue weighted by Gasteiger charge is -2.01. The lowest BCUT2D eigenvalue weighted by molar-refractivity contribution is 0.587. The molecule has 0 bridgehead atoms. The summed E-state index contributed by atoms with van der Waals surface area (Å²) in [5.74, 6) is 1.80. The standard InChI is InChI=1S/C11H17N3/c1-2-4-9-7-10(9)14-8-11-12-5-3-6-13-11/h3,5-6,9-10,14H,2,4,7-8H2,1H3. The van der Waals surface area contributed by atoms with Crippen LogP contribution in [0.3, 0.4) is 0 Å². The van der Waals surface area contributed by atoms with Crippen molar-refractivity contribution in [3.8, 4) is 0 Å². The first-order valence-electron chi connectivity index (χ1n) is 5.39. The highest BCUT2D eigenvalue weighted by Gasteiger charge is 2.35. The Hall–Kier alpha value is -0.960. The van der Waals surface area contributed by atoms with Crippen LogP contribution in [0, 0.1) is 5.92 Å². The molecule has 3 nitrogen and oxygen atoms in total. The Morgan fingerprint density at radius 3 is 2.93 bits per heavy atom. The third-order valence-corrected chi connectivity index (χ3v) is 2.72. The van der Waals surface area contributed by atoms with E-state index in [0.29, 0.717) is 0 Å². The van der Waals surface area contributed by atoms with Gasteiger partial charge in [-0.15, -0.1) is 0 Å². The molecule has 1 heterocycles. The minimum atomic E-state index is 0.721. The van der Waals surface area contributed by atoms with Crippen molar-refractivity contribution in [2.24, 2.45) is 5.92 Å². The maximum atomic E-state index is 4.18. The molecule has 2 unspecified atom stereocenters. The molecule has 1 N–H and O–H groups in total. The van der Waals surface area contributed by atoms with Gasteiger partial charge in [0, 0.05) is 18.4 Å². The molecule has 76 valence electrons. The Morgan fingerprint density at radius 1 is 1.43 bits per heavy atom. The molecule has 1 fully saturated rings. The van der Waals surface area contributed by atoms with E-state index >= 15 is 0 Å². The van der Waals surface area contributed by atoms with Crippen molar-refractivity contribution in [2.45, 2.75) is 38.8 Å². The van der Waals surface area contributed by atoms with E-state index in [0.717, 1.165) is 24.3 Å². The molecule has 2 rings (SSSR count). The van der Waals surface area contributed by atoms with Gasteiger partial charge < -0.3 is 5.32 Å². The monoisotopic (exact) mass is 191 g/mol. The van der Waals surface area contributed by atoms with Crippen molar-refractivity contribution in [1.29, 1.82) is 0 Å². The quantitative estimate of drug-likeness (QED) is 0.770. The number of hydrogen-bond donors (Lipinski definition) is 1. The van der Waals surface area contributed by atoms with Crippen LogP contribution < -0.4 is 5.32 Å². The zero-order valence-corrected chi connectivity index (χ0v) is 8.61. The first-order chi connectivity index (χ1) is 6.90. The van der Waals surface area contributed by atoms with Gasteiger partial charge in [-0.25, -0.2) is 9.97 Å². The molecular formula is C11H17N3. The zero-order chi connectivity index (χ0) is 9.80. The molecular weight excluding hydrogens is 174 g/mol. The van der Waals surface area contributed by atoms with Crippen molar-refractivity contribution in [3.05, 3.63) is 24.3 Å². The molecule has 1 aromatic rings. The van der Waals surface area contributed by atoms with Crippen LogP contribution in [0.4, 0.5) is 0 Å². The molecule has 0 saturated heterocycles. The van der Waals surface area contributed by atoms with E-state index in [1.807, 2.05) is 6.07 Å². The molecule has 0 radical (unpaired) electrons. The second kappa shape index (κ2) is 4.51. The topological polar surface area (TPSA) is 37.8 Å². The van der Waals surface area contributed by atoms with Crippen LogP contribution in [0.15, 0.2) is 18.5 Å². The van der Waals surface area contributed by atoms with Gasteiger partial charge in [-0.1, -0.05) is 13.3 Å². The van der Waals surface area contributed by atoms with Gasteiger partial charge in [-0.2, -0.15) is 0 Å². The summed E-state index contributed by atoms with van der Waals surface area (Å²) in [6, 6.07) is 2.57. The van der Waals surface area contributed by atoms with E-state index < -0.39 is 0 Å². The second-order valence-corrected chi connectivity index (χ2v) is 3.94. The van der Waals surface area contributed by atoms with E-state index in [9.17, 15) is 0 Å². The minimum absolute atomic E-state index is 0.721.